The Morgan fingerprint density at radius 2 is 0.875 bits per heavy atom. The first kappa shape index (κ1) is 28.8. The molecule has 2 aromatic heterocycles. The summed E-state index contributed by atoms with van der Waals surface area (Å²) in [6.07, 6.45) is 7.71. The minimum atomic E-state index is -6.00. The van der Waals surface area contributed by atoms with Crippen LogP contribution in [-0.2, 0) is 22.7 Å². The Morgan fingerprint density at radius 1 is 0.656 bits per heavy atom. The molecular formula is C16H20B2F8N4O2. The van der Waals surface area contributed by atoms with Gasteiger partial charge in [0.05, 0.1) is 11.4 Å². The number of anilines is 2. The molecule has 2 N–H and O–H groups in total. The highest BCUT2D eigenvalue weighted by molar-refractivity contribution is 6.50. The molecule has 32 heavy (non-hydrogen) atoms. The second-order valence-corrected chi connectivity index (χ2v) is 6.00. The Balaban J connectivity index is 0.000000805. The zero-order chi connectivity index (χ0) is 24.9. The first-order valence-electron chi connectivity index (χ1n) is 8.81. The number of rotatable bonds is 5. The smallest absolute Gasteiger partial charge is 0.418 e. The summed E-state index contributed by atoms with van der Waals surface area (Å²) >= 11 is 0. The van der Waals surface area contributed by atoms with Crippen LogP contribution in [0.4, 0.5) is 45.9 Å². The van der Waals surface area contributed by atoms with Crippen LogP contribution in [0.1, 0.15) is 13.8 Å². The van der Waals surface area contributed by atoms with Crippen molar-refractivity contribution in [2.45, 2.75) is 26.9 Å². The molecule has 0 radical (unpaired) electrons. The fourth-order valence-corrected chi connectivity index (χ4v) is 2.02. The quantitative estimate of drug-likeness (QED) is 0.396. The molecule has 6 nitrogen and oxygen atoms in total. The Hall–Kier alpha value is -3.19. The van der Waals surface area contributed by atoms with Crippen LogP contribution in [0.5, 0.6) is 0 Å². The van der Waals surface area contributed by atoms with E-state index in [1.807, 2.05) is 58.2 Å². The lowest BCUT2D eigenvalue weighted by molar-refractivity contribution is -0.778. The maximum absolute atomic E-state index is 11.0. The predicted octanol–water partition coefficient (Wildman–Crippen LogP) is 3.48. The van der Waals surface area contributed by atoms with Gasteiger partial charge < -0.3 is 45.2 Å². The maximum Gasteiger partial charge on any atom is 0.673 e. The van der Waals surface area contributed by atoms with E-state index in [4.69, 9.17) is 0 Å². The van der Waals surface area contributed by atoms with Crippen molar-refractivity contribution in [3.63, 3.8) is 0 Å². The summed E-state index contributed by atoms with van der Waals surface area (Å²) in [5, 5.41) is 5.47. The fraction of sp³-hybridized carbons (Fsp3) is 0.250. The van der Waals surface area contributed by atoms with Gasteiger partial charge >= 0.3 is 14.5 Å². The zero-order valence-electron chi connectivity index (χ0n) is 16.9. The Bertz CT molecular complexity index is 764. The molecule has 16 heteroatoms. The van der Waals surface area contributed by atoms with Crippen LogP contribution in [0, 0.1) is 0 Å². The average Bonchev–Trinajstić information content (AvgIpc) is 2.58. The van der Waals surface area contributed by atoms with Crippen LogP contribution in [-0.4, -0.2) is 26.3 Å². The van der Waals surface area contributed by atoms with E-state index in [-0.39, 0.29) is 11.8 Å². The Labute approximate surface area is 178 Å². The summed E-state index contributed by atoms with van der Waals surface area (Å²) in [6.45, 7) is 4.60. The molecule has 0 bridgehead atoms. The van der Waals surface area contributed by atoms with E-state index in [0.29, 0.717) is 0 Å². The van der Waals surface area contributed by atoms with E-state index in [9.17, 15) is 44.1 Å². The van der Waals surface area contributed by atoms with Crippen molar-refractivity contribution in [2.24, 2.45) is 0 Å². The molecule has 2 amide bonds. The number of nitrogens with one attached hydrogen (secondary N) is 2. The lowest BCUT2D eigenvalue weighted by atomic mass is 10.3. The van der Waals surface area contributed by atoms with Gasteiger partial charge in [0, 0.05) is 38.1 Å². The molecule has 0 aliphatic rings. The van der Waals surface area contributed by atoms with E-state index in [0.717, 1.165) is 24.5 Å². The molecule has 0 saturated carbocycles. The summed E-state index contributed by atoms with van der Waals surface area (Å²) in [5.41, 5.74) is 1.58. The van der Waals surface area contributed by atoms with Crippen molar-refractivity contribution >= 4 is 37.7 Å². The Kier molecular flexibility index (Phi) is 11.9. The molecule has 0 unspecified atom stereocenters. The van der Waals surface area contributed by atoms with Gasteiger partial charge in [-0.1, -0.05) is 0 Å². The maximum atomic E-state index is 11.0. The largest absolute Gasteiger partial charge is 0.673 e. The van der Waals surface area contributed by atoms with Crippen molar-refractivity contribution in [3.8, 4) is 0 Å². The highest BCUT2D eigenvalue weighted by atomic mass is 19.5. The number of hydrogen-bond donors (Lipinski definition) is 2. The van der Waals surface area contributed by atoms with Crippen LogP contribution in [0.15, 0.2) is 49.1 Å². The Morgan fingerprint density at radius 3 is 1.06 bits per heavy atom. The number of pyridine rings is 2. The minimum Gasteiger partial charge on any atom is -0.418 e. The molecule has 0 fully saturated rings. The average molecular weight is 474 g/mol. The van der Waals surface area contributed by atoms with Crippen LogP contribution >= 0.6 is 0 Å². The van der Waals surface area contributed by atoms with Gasteiger partial charge in [0.15, 0.2) is 24.8 Å². The third-order valence-electron chi connectivity index (χ3n) is 3.04. The summed E-state index contributed by atoms with van der Waals surface area (Å²) in [6, 6.07) is 7.47. The highest BCUT2D eigenvalue weighted by Crippen LogP contribution is 2.07. The van der Waals surface area contributed by atoms with E-state index in [1.165, 1.54) is 13.8 Å². The number of aryl methyl sites for hydroxylation is 2. The van der Waals surface area contributed by atoms with Gasteiger partial charge in [-0.15, -0.1) is 0 Å². The van der Waals surface area contributed by atoms with Crippen LogP contribution in [0.3, 0.4) is 0 Å². The second kappa shape index (κ2) is 13.3. The summed E-state index contributed by atoms with van der Waals surface area (Å²) in [5.74, 6) is -0.153. The lowest BCUT2D eigenvalue weighted by Gasteiger charge is -2.01. The summed E-state index contributed by atoms with van der Waals surface area (Å²) < 4.78 is 82.1. The third-order valence-corrected chi connectivity index (χ3v) is 3.04. The van der Waals surface area contributed by atoms with Crippen molar-refractivity contribution in [3.05, 3.63) is 49.1 Å². The van der Waals surface area contributed by atoms with E-state index in [2.05, 4.69) is 10.6 Å². The highest BCUT2D eigenvalue weighted by Gasteiger charge is 2.21. The van der Waals surface area contributed by atoms with Gasteiger partial charge in [-0.2, -0.15) is 9.13 Å². The lowest BCUT2D eigenvalue weighted by Crippen LogP contribution is -2.43. The molecule has 2 rings (SSSR count). The van der Waals surface area contributed by atoms with Crippen LogP contribution < -0.4 is 19.8 Å². The van der Waals surface area contributed by atoms with Gasteiger partial charge in [-0.05, 0) is 0 Å². The first-order chi connectivity index (χ1) is 14.5. The first-order valence-corrected chi connectivity index (χ1v) is 8.81. The number of carbonyl (C=O) groups excluding carboxylic acids is 2. The molecule has 0 aliphatic heterocycles. The molecule has 2 heterocycles. The van der Waals surface area contributed by atoms with Crippen molar-refractivity contribution in [2.75, 3.05) is 10.6 Å². The third kappa shape index (κ3) is 20.1. The van der Waals surface area contributed by atoms with Gasteiger partial charge in [0.1, 0.15) is 0 Å². The molecular weight excluding hydrogens is 454 g/mol. The van der Waals surface area contributed by atoms with E-state index < -0.39 is 14.5 Å². The number of carbonyl (C=O) groups is 2. The number of halogens is 8. The monoisotopic (exact) mass is 474 g/mol. The van der Waals surface area contributed by atoms with Crippen molar-refractivity contribution in [1.82, 2.24) is 0 Å². The number of nitrogens with zero attached hydrogens (tertiary/aromatic N) is 2. The normalized spacial score (nSPS) is 10.7. The van der Waals surface area contributed by atoms with Crippen molar-refractivity contribution in [1.29, 1.82) is 0 Å². The standard InChI is InChI=1S/C16H18N4O2.2BF4/c1-13(21)17-15-3-7-19(8-4-15)11-12-20-9-5-16(6-10-20)18-14(2)22;2*2-1(3,4)5/h3-10H,11-12H2,1-2H3;;/q;2*-1/p+2. The minimum absolute atomic E-state index is 0.0763. The van der Waals surface area contributed by atoms with Gasteiger partial charge in [-0.25, -0.2) is 0 Å². The van der Waals surface area contributed by atoms with Gasteiger partial charge in [-0.3, -0.25) is 9.59 Å². The zero-order valence-corrected chi connectivity index (χ0v) is 16.9. The molecule has 2 aromatic rings. The fourth-order valence-electron chi connectivity index (χ4n) is 2.02. The predicted molar refractivity (Wildman–Crippen MR) is 102 cm³/mol. The summed E-state index contributed by atoms with van der Waals surface area (Å²) in [7, 11) is -12.0. The van der Waals surface area contributed by atoms with E-state index in [1.54, 1.807) is 0 Å². The van der Waals surface area contributed by atoms with Crippen LogP contribution in [0.2, 0.25) is 0 Å². The van der Waals surface area contributed by atoms with Crippen LogP contribution in [0.25, 0.3) is 0 Å². The molecule has 0 aliphatic carbocycles. The summed E-state index contributed by atoms with van der Waals surface area (Å²) in [4.78, 5) is 21.9. The molecule has 178 valence electrons. The SMILES string of the molecule is CC(=O)Nc1cc[n+](CC[n+]2ccc(NC(C)=O)cc2)cc1.F[B-](F)(F)F.F[B-](F)(F)F. The molecule has 0 saturated heterocycles. The van der Waals surface area contributed by atoms with E-state index >= 15 is 0 Å². The van der Waals surface area contributed by atoms with Gasteiger partial charge in [0.2, 0.25) is 24.9 Å². The molecule has 0 aromatic carbocycles. The topological polar surface area (TPSA) is 66.0 Å². The molecule has 0 atom stereocenters. The second-order valence-electron chi connectivity index (χ2n) is 6.00. The van der Waals surface area contributed by atoms with Gasteiger partial charge in [0.25, 0.3) is 0 Å². The molecule has 0 spiro atoms. The number of aromatic nitrogens is 2. The van der Waals surface area contributed by atoms with Crippen molar-refractivity contribution < 1.29 is 53.2 Å². The number of amides is 2. The number of hydrogen-bond acceptors (Lipinski definition) is 2.